The third kappa shape index (κ3) is 10.2. The number of hydrogen-bond acceptors (Lipinski definition) is 4. The fourth-order valence-corrected chi connectivity index (χ4v) is 2.27. The quantitative estimate of drug-likeness (QED) is 0.303. The van der Waals surface area contributed by atoms with Crippen LogP contribution in [0.15, 0.2) is 4.99 Å². The minimum absolute atomic E-state index is 0. The van der Waals surface area contributed by atoms with Crippen molar-refractivity contribution in [2.45, 2.75) is 45.6 Å². The minimum atomic E-state index is -0.454. The molecule has 1 saturated heterocycles. The maximum absolute atomic E-state index is 11.6. The number of nitrogens with one attached hydrogen (secondary N) is 2. The highest BCUT2D eigenvalue weighted by molar-refractivity contribution is 14.0. The summed E-state index contributed by atoms with van der Waals surface area (Å²) in [6.07, 6.45) is 3.94. The van der Waals surface area contributed by atoms with E-state index in [0.29, 0.717) is 5.96 Å². The molecule has 130 valence electrons. The largest absolute Gasteiger partial charge is 0.459 e. The van der Waals surface area contributed by atoms with Crippen LogP contribution >= 0.6 is 24.0 Å². The van der Waals surface area contributed by atoms with Gasteiger partial charge in [0.15, 0.2) is 5.96 Å². The first-order chi connectivity index (χ1) is 9.90. The zero-order chi connectivity index (χ0) is 15.7. The van der Waals surface area contributed by atoms with Crippen molar-refractivity contribution < 1.29 is 9.53 Å². The molecule has 1 rings (SSSR count). The summed E-state index contributed by atoms with van der Waals surface area (Å²) in [5.74, 6) is 0.361. The molecule has 7 heteroatoms. The summed E-state index contributed by atoms with van der Waals surface area (Å²) in [4.78, 5) is 18.2. The van der Waals surface area contributed by atoms with Crippen LogP contribution in [0.3, 0.4) is 0 Å². The Bertz CT molecular complexity index is 350. The van der Waals surface area contributed by atoms with Crippen molar-refractivity contribution in [1.82, 2.24) is 15.5 Å². The highest BCUT2D eigenvalue weighted by Gasteiger charge is 2.16. The lowest BCUT2D eigenvalue weighted by Gasteiger charge is -2.26. The predicted molar refractivity (Wildman–Crippen MR) is 101 cm³/mol. The average molecular weight is 426 g/mol. The lowest BCUT2D eigenvalue weighted by atomic mass is 10.1. The van der Waals surface area contributed by atoms with Crippen molar-refractivity contribution in [3.63, 3.8) is 0 Å². The Hall–Kier alpha value is -0.570. The molecule has 0 amide bonds. The summed E-state index contributed by atoms with van der Waals surface area (Å²) < 4.78 is 5.24. The Labute approximate surface area is 151 Å². The first-order valence-electron chi connectivity index (χ1n) is 7.79. The van der Waals surface area contributed by atoms with Crippen LogP contribution in [0, 0.1) is 0 Å². The molecule has 0 bridgehead atoms. The summed E-state index contributed by atoms with van der Waals surface area (Å²) in [7, 11) is 1.70. The van der Waals surface area contributed by atoms with Gasteiger partial charge in [-0.05, 0) is 46.7 Å². The van der Waals surface area contributed by atoms with Crippen LogP contribution in [0.1, 0.15) is 40.0 Å². The Kier molecular flexibility index (Phi) is 10.8. The SMILES string of the molecule is CN=C(NCCN1CCCCC1)NCC(=O)OC(C)(C)C.I. The normalized spacial score (nSPS) is 16.6. The maximum Gasteiger partial charge on any atom is 0.325 e. The smallest absolute Gasteiger partial charge is 0.325 e. The van der Waals surface area contributed by atoms with Gasteiger partial charge in [0.1, 0.15) is 12.1 Å². The van der Waals surface area contributed by atoms with E-state index in [1.165, 1.54) is 32.4 Å². The number of ether oxygens (including phenoxy) is 1. The Balaban J connectivity index is 0.00000441. The van der Waals surface area contributed by atoms with E-state index in [2.05, 4.69) is 20.5 Å². The Morgan fingerprint density at radius 2 is 1.82 bits per heavy atom. The molecule has 0 aromatic carbocycles. The number of aliphatic imine (C=N–C) groups is 1. The van der Waals surface area contributed by atoms with Gasteiger partial charge in [-0.3, -0.25) is 9.79 Å². The fourth-order valence-electron chi connectivity index (χ4n) is 2.27. The molecular formula is C15H31IN4O2. The third-order valence-corrected chi connectivity index (χ3v) is 3.21. The molecule has 0 aliphatic carbocycles. The van der Waals surface area contributed by atoms with Crippen LogP contribution in [-0.4, -0.2) is 62.2 Å². The van der Waals surface area contributed by atoms with Crippen LogP contribution in [0.2, 0.25) is 0 Å². The van der Waals surface area contributed by atoms with Gasteiger partial charge < -0.3 is 20.3 Å². The van der Waals surface area contributed by atoms with Crippen LogP contribution in [0.5, 0.6) is 0 Å². The molecule has 0 saturated carbocycles. The van der Waals surface area contributed by atoms with Crippen molar-refractivity contribution in [2.75, 3.05) is 39.8 Å². The van der Waals surface area contributed by atoms with Crippen LogP contribution in [-0.2, 0) is 9.53 Å². The highest BCUT2D eigenvalue weighted by Crippen LogP contribution is 2.07. The number of carbonyl (C=O) groups is 1. The molecule has 2 N–H and O–H groups in total. The van der Waals surface area contributed by atoms with Crippen molar-refractivity contribution in [1.29, 1.82) is 0 Å². The zero-order valence-corrected chi connectivity index (χ0v) is 16.6. The van der Waals surface area contributed by atoms with Gasteiger partial charge in [0.25, 0.3) is 0 Å². The van der Waals surface area contributed by atoms with Crippen LogP contribution in [0.4, 0.5) is 0 Å². The summed E-state index contributed by atoms with van der Waals surface area (Å²) in [6, 6.07) is 0. The number of esters is 1. The van der Waals surface area contributed by atoms with Gasteiger partial charge in [0.05, 0.1) is 0 Å². The molecule has 0 radical (unpaired) electrons. The van der Waals surface area contributed by atoms with Crippen molar-refractivity contribution in [2.24, 2.45) is 4.99 Å². The Morgan fingerprint density at radius 1 is 1.18 bits per heavy atom. The monoisotopic (exact) mass is 426 g/mol. The molecule has 1 fully saturated rings. The first-order valence-corrected chi connectivity index (χ1v) is 7.79. The third-order valence-electron chi connectivity index (χ3n) is 3.21. The van der Waals surface area contributed by atoms with E-state index in [1.54, 1.807) is 7.05 Å². The number of nitrogens with zero attached hydrogens (tertiary/aromatic N) is 2. The van der Waals surface area contributed by atoms with Gasteiger partial charge in [-0.25, -0.2) is 0 Å². The number of carbonyl (C=O) groups excluding carboxylic acids is 1. The average Bonchev–Trinajstić information content (AvgIpc) is 2.42. The van der Waals surface area contributed by atoms with E-state index in [9.17, 15) is 4.79 Å². The number of guanidine groups is 1. The summed E-state index contributed by atoms with van der Waals surface area (Å²) in [6.45, 7) is 9.91. The van der Waals surface area contributed by atoms with Gasteiger partial charge in [0.2, 0.25) is 0 Å². The zero-order valence-electron chi connectivity index (χ0n) is 14.3. The molecule has 0 atom stereocenters. The summed E-state index contributed by atoms with van der Waals surface area (Å²) >= 11 is 0. The second-order valence-electron chi connectivity index (χ2n) is 6.34. The molecule has 0 spiro atoms. The standard InChI is InChI=1S/C15H30N4O2.HI/c1-15(2,3)21-13(20)12-18-14(16-4)17-8-11-19-9-6-5-7-10-19;/h5-12H2,1-4H3,(H2,16,17,18);1H. The van der Waals surface area contributed by atoms with Gasteiger partial charge >= 0.3 is 5.97 Å². The van der Waals surface area contributed by atoms with Crippen molar-refractivity contribution >= 4 is 35.9 Å². The maximum atomic E-state index is 11.6. The molecule has 1 aliphatic heterocycles. The summed E-state index contributed by atoms with van der Waals surface area (Å²) in [5, 5.41) is 6.20. The van der Waals surface area contributed by atoms with Crippen LogP contribution < -0.4 is 10.6 Å². The van der Waals surface area contributed by atoms with Crippen LogP contribution in [0.25, 0.3) is 0 Å². The number of piperidine rings is 1. The van der Waals surface area contributed by atoms with Crippen molar-refractivity contribution in [3.8, 4) is 0 Å². The second-order valence-corrected chi connectivity index (χ2v) is 6.34. The molecule has 6 nitrogen and oxygen atoms in total. The topological polar surface area (TPSA) is 66.0 Å². The number of rotatable bonds is 5. The van der Waals surface area contributed by atoms with Crippen molar-refractivity contribution in [3.05, 3.63) is 0 Å². The lowest BCUT2D eigenvalue weighted by molar-refractivity contribution is -0.153. The van der Waals surface area contributed by atoms with Gasteiger partial charge in [-0.15, -0.1) is 24.0 Å². The predicted octanol–water partition coefficient (Wildman–Crippen LogP) is 1.60. The molecule has 0 aromatic rings. The van der Waals surface area contributed by atoms with E-state index >= 15 is 0 Å². The Morgan fingerprint density at radius 3 is 2.36 bits per heavy atom. The van der Waals surface area contributed by atoms with E-state index in [0.717, 1.165) is 13.1 Å². The number of halogens is 1. The molecule has 1 aliphatic rings. The van der Waals surface area contributed by atoms with E-state index < -0.39 is 5.60 Å². The van der Waals surface area contributed by atoms with E-state index in [4.69, 9.17) is 4.74 Å². The molecular weight excluding hydrogens is 395 g/mol. The van der Waals surface area contributed by atoms with E-state index in [-0.39, 0.29) is 36.5 Å². The summed E-state index contributed by atoms with van der Waals surface area (Å²) in [5.41, 5.74) is -0.454. The van der Waals surface area contributed by atoms with Gasteiger partial charge in [0, 0.05) is 20.1 Å². The molecule has 22 heavy (non-hydrogen) atoms. The number of likely N-dealkylation sites (tertiary alicyclic amines) is 1. The highest BCUT2D eigenvalue weighted by atomic mass is 127. The fraction of sp³-hybridized carbons (Fsp3) is 0.867. The molecule has 0 aromatic heterocycles. The van der Waals surface area contributed by atoms with Gasteiger partial charge in [-0.1, -0.05) is 6.42 Å². The second kappa shape index (κ2) is 11.0. The van der Waals surface area contributed by atoms with E-state index in [1.807, 2.05) is 20.8 Å². The van der Waals surface area contributed by atoms with Gasteiger partial charge in [-0.2, -0.15) is 0 Å². The first kappa shape index (κ1) is 21.4. The lowest BCUT2D eigenvalue weighted by Crippen LogP contribution is -2.44. The molecule has 1 heterocycles. The minimum Gasteiger partial charge on any atom is -0.459 e. The molecule has 0 unspecified atom stereocenters. The number of hydrogen-bond donors (Lipinski definition) is 2.